The summed E-state index contributed by atoms with van der Waals surface area (Å²) in [6.45, 7) is -0.232. The highest BCUT2D eigenvalue weighted by Gasteiger charge is 2.27. The summed E-state index contributed by atoms with van der Waals surface area (Å²) in [6.07, 6.45) is 0.310. The first kappa shape index (κ1) is 14.4. The molecule has 0 amide bonds. The highest BCUT2D eigenvalue weighted by atomic mass is 127. The van der Waals surface area contributed by atoms with E-state index in [-0.39, 0.29) is 13.2 Å². The molecule has 3 N–H and O–H groups in total. The van der Waals surface area contributed by atoms with Crippen LogP contribution < -0.4 is 9.64 Å². The molecule has 2 heterocycles. The summed E-state index contributed by atoms with van der Waals surface area (Å²) in [7, 11) is 0. The van der Waals surface area contributed by atoms with Gasteiger partial charge >= 0.3 is 5.69 Å². The zero-order valence-electron chi connectivity index (χ0n) is 8.62. The van der Waals surface area contributed by atoms with E-state index in [9.17, 15) is 9.18 Å². The van der Waals surface area contributed by atoms with E-state index in [1.54, 1.807) is 22.9 Å². The molecule has 96 valence electrons. The maximum atomic E-state index is 12.8. The molecule has 1 aromatic heterocycles. The number of hydrogen-bond donors (Lipinski definition) is 2. The largest absolute Gasteiger partial charge is 0.391 e. The molecule has 2 rings (SSSR count). The van der Waals surface area contributed by atoms with Crippen LogP contribution in [0.3, 0.4) is 0 Å². The third-order valence-electron chi connectivity index (χ3n) is 1.97. The van der Waals surface area contributed by atoms with E-state index < -0.39 is 24.0 Å². The molecule has 1 fully saturated rings. The fraction of sp³-hybridized carbons (Fsp3) is 0.500. The molecular formula is C8H11FIN3O4. The van der Waals surface area contributed by atoms with Gasteiger partial charge in [0, 0.05) is 29.1 Å². The van der Waals surface area contributed by atoms with Crippen molar-refractivity contribution in [2.24, 2.45) is 3.95 Å². The lowest BCUT2D eigenvalue weighted by atomic mass is 10.5. The van der Waals surface area contributed by atoms with E-state index in [2.05, 4.69) is 8.93 Å². The van der Waals surface area contributed by atoms with Gasteiger partial charge in [-0.15, -0.1) is 0 Å². The topological polar surface area (TPSA) is 99.6 Å². The molecule has 1 aliphatic heterocycles. The van der Waals surface area contributed by atoms with Gasteiger partial charge < -0.3 is 14.6 Å². The molecule has 17 heavy (non-hydrogen) atoms. The van der Waals surface area contributed by atoms with Crippen molar-refractivity contribution in [2.45, 2.75) is 12.5 Å². The van der Waals surface area contributed by atoms with E-state index >= 15 is 0 Å². The zero-order chi connectivity index (χ0) is 12.8. The minimum atomic E-state index is -0.773. The average Bonchev–Trinajstić information content (AvgIpc) is 2.83. The first-order chi connectivity index (χ1) is 8.20. The number of rotatable bonds is 2. The molecule has 1 aliphatic rings. The van der Waals surface area contributed by atoms with E-state index in [1.807, 2.05) is 0 Å². The summed E-state index contributed by atoms with van der Waals surface area (Å²) in [6, 6.07) is 0. The van der Waals surface area contributed by atoms with Gasteiger partial charge in [0.1, 0.15) is 0 Å². The first-order valence-corrected chi connectivity index (χ1v) is 5.78. The molecule has 2 atom stereocenters. The molecule has 9 heteroatoms. The van der Waals surface area contributed by atoms with Gasteiger partial charge in [0.2, 0.25) is 0 Å². The summed E-state index contributed by atoms with van der Waals surface area (Å²) in [5.74, 6) is -0.634. The summed E-state index contributed by atoms with van der Waals surface area (Å²) in [4.78, 5) is 14.5. The Morgan fingerprint density at radius 1 is 1.71 bits per heavy atom. The molecule has 1 aromatic rings. The van der Waals surface area contributed by atoms with Crippen molar-refractivity contribution in [3.63, 3.8) is 0 Å². The second kappa shape index (κ2) is 6.96. The molecule has 0 spiro atoms. The molecule has 7 nitrogen and oxygen atoms in total. The number of ether oxygens (including phenoxy) is 2. The Morgan fingerprint density at radius 2 is 2.41 bits per heavy atom. The van der Waals surface area contributed by atoms with Gasteiger partial charge in [-0.3, -0.25) is 8.51 Å². The number of nitrogens with two attached hydrogens (primary N) is 1. The zero-order valence-corrected chi connectivity index (χ0v) is 10.8. The second-order valence-corrected chi connectivity index (χ2v) is 3.00. The van der Waals surface area contributed by atoms with Gasteiger partial charge in [0.05, 0.1) is 19.4 Å². The highest BCUT2D eigenvalue weighted by molar-refractivity contribution is 14.1. The maximum Gasteiger partial charge on any atom is 0.349 e. The summed E-state index contributed by atoms with van der Waals surface area (Å²) in [5, 5.41) is 8.73. The minimum Gasteiger partial charge on any atom is -0.391 e. The summed E-state index contributed by atoms with van der Waals surface area (Å²) in [5.41, 5.74) is -0.622. The normalized spacial score (nSPS) is 23.1. The average molecular weight is 359 g/mol. The van der Waals surface area contributed by atoms with Crippen LogP contribution in [0.15, 0.2) is 17.2 Å². The molecule has 2 unspecified atom stereocenters. The molecule has 0 aliphatic carbocycles. The Morgan fingerprint density at radius 3 is 3.00 bits per heavy atom. The van der Waals surface area contributed by atoms with Crippen LogP contribution in [-0.4, -0.2) is 34.2 Å². The van der Waals surface area contributed by atoms with Crippen molar-refractivity contribution in [3.05, 3.63) is 28.7 Å². The van der Waals surface area contributed by atoms with Crippen LogP contribution in [-0.2, 0) is 9.47 Å². The number of nitrogens with zero attached hydrogens (tertiary/aromatic N) is 2. The van der Waals surface area contributed by atoms with Gasteiger partial charge in [0.15, 0.2) is 18.3 Å². The Bertz CT molecular complexity index is 416. The molecule has 0 radical (unpaired) electrons. The smallest absolute Gasteiger partial charge is 0.349 e. The van der Waals surface area contributed by atoms with E-state index in [0.717, 1.165) is 17.0 Å². The van der Waals surface area contributed by atoms with Crippen LogP contribution in [0.5, 0.6) is 0 Å². The van der Waals surface area contributed by atoms with Crippen LogP contribution in [0.25, 0.3) is 0 Å². The van der Waals surface area contributed by atoms with E-state index in [0.29, 0.717) is 0 Å². The Hall–Kier alpha value is -0.620. The lowest BCUT2D eigenvalue weighted by Gasteiger charge is -2.11. The second-order valence-electron chi connectivity index (χ2n) is 3.00. The van der Waals surface area contributed by atoms with Gasteiger partial charge in [-0.2, -0.15) is 4.98 Å². The fourth-order valence-corrected chi connectivity index (χ4v) is 1.30. The fourth-order valence-electron chi connectivity index (χ4n) is 1.30. The van der Waals surface area contributed by atoms with Crippen molar-refractivity contribution in [2.75, 3.05) is 13.2 Å². The number of aliphatic hydroxyl groups is 1. The van der Waals surface area contributed by atoms with Crippen LogP contribution in [0.1, 0.15) is 6.23 Å². The quantitative estimate of drug-likeness (QED) is 0.548. The third-order valence-corrected chi connectivity index (χ3v) is 1.97. The number of hydrogen-bond acceptors (Lipinski definition) is 6. The monoisotopic (exact) mass is 359 g/mol. The molecule has 0 saturated carbocycles. The van der Waals surface area contributed by atoms with Crippen molar-refractivity contribution in [1.82, 2.24) is 9.55 Å². The molecular weight excluding hydrogens is 348 g/mol. The third kappa shape index (κ3) is 3.67. The number of halogens is 2. The predicted molar refractivity (Wildman–Crippen MR) is 63.6 cm³/mol. The van der Waals surface area contributed by atoms with Gasteiger partial charge in [-0.25, -0.2) is 9.18 Å². The van der Waals surface area contributed by atoms with Crippen molar-refractivity contribution in [1.29, 1.82) is 0 Å². The summed E-state index contributed by atoms with van der Waals surface area (Å²) < 4.78 is 28.4. The Kier molecular flexibility index (Phi) is 5.91. The summed E-state index contributed by atoms with van der Waals surface area (Å²) >= 11 is 1.65. The van der Waals surface area contributed by atoms with Crippen molar-refractivity contribution < 1.29 is 19.0 Å². The standard InChI is InChI=1S/C8H9FN2O4.H2IN/c9-5-1-10-8(13)11(2-5)6-4-14-7(3-12)15-6;1-2/h1-2,6-7,12H,3-4H2;2H2. The minimum absolute atomic E-state index is 0.0796. The maximum absolute atomic E-state index is 12.8. The molecule has 0 bridgehead atoms. The Balaban J connectivity index is 0.000000686. The van der Waals surface area contributed by atoms with E-state index in [4.69, 9.17) is 14.6 Å². The SMILES string of the molecule is NI.O=c1ncc(F)cn1C1COC(CO)O1. The lowest BCUT2D eigenvalue weighted by Crippen LogP contribution is -2.28. The lowest BCUT2D eigenvalue weighted by molar-refractivity contribution is -0.0993. The predicted octanol–water partition coefficient (Wildman–Crippen LogP) is -0.459. The number of aromatic nitrogens is 2. The molecule has 0 aromatic carbocycles. The van der Waals surface area contributed by atoms with E-state index in [1.165, 1.54) is 0 Å². The van der Waals surface area contributed by atoms with Crippen LogP contribution in [0.2, 0.25) is 0 Å². The van der Waals surface area contributed by atoms with Crippen LogP contribution in [0, 0.1) is 5.82 Å². The van der Waals surface area contributed by atoms with Gasteiger partial charge in [-0.1, -0.05) is 0 Å². The highest BCUT2D eigenvalue weighted by Crippen LogP contribution is 2.18. The first-order valence-electron chi connectivity index (χ1n) is 4.54. The molecule has 1 saturated heterocycles. The van der Waals surface area contributed by atoms with Crippen LogP contribution >= 0.6 is 22.9 Å². The van der Waals surface area contributed by atoms with Crippen molar-refractivity contribution in [3.8, 4) is 0 Å². The van der Waals surface area contributed by atoms with Gasteiger partial charge in [-0.05, 0) is 0 Å². The Labute approximate surface area is 110 Å². The van der Waals surface area contributed by atoms with Crippen molar-refractivity contribution >= 4 is 22.9 Å². The van der Waals surface area contributed by atoms with Gasteiger partial charge in [0.25, 0.3) is 0 Å². The van der Waals surface area contributed by atoms with Crippen LogP contribution in [0.4, 0.5) is 4.39 Å². The number of aliphatic hydroxyl groups excluding tert-OH is 1.